The largest absolute Gasteiger partial charge is 0.480 e. The van der Waals surface area contributed by atoms with Gasteiger partial charge in [0, 0.05) is 13.2 Å². The summed E-state index contributed by atoms with van der Waals surface area (Å²) in [6.45, 7) is -0.00352. The Hall–Kier alpha value is -1.41. The number of carboxylic acid groups (broad SMARTS) is 1. The van der Waals surface area contributed by atoms with Gasteiger partial charge in [0.15, 0.2) is 5.75 Å². The summed E-state index contributed by atoms with van der Waals surface area (Å²) < 4.78 is 25.9. The second-order valence-corrected chi connectivity index (χ2v) is 4.76. The highest BCUT2D eigenvalue weighted by Gasteiger charge is 2.15. The van der Waals surface area contributed by atoms with E-state index >= 15 is 0 Å². The van der Waals surface area contributed by atoms with Gasteiger partial charge in [0.2, 0.25) is 10.0 Å². The second kappa shape index (κ2) is 4.41. The van der Waals surface area contributed by atoms with Crippen molar-refractivity contribution in [2.75, 3.05) is 5.75 Å². The molecule has 0 saturated heterocycles. The standard InChI is InChI=1S/C7H11N3O4S/c1-10-3-2-6(9-10)4-8-15(13,14)5-7(11)12/h2-3,8H,4-5H2,1H3,(H,11,12). The van der Waals surface area contributed by atoms with E-state index in [0.717, 1.165) is 0 Å². The lowest BCUT2D eigenvalue weighted by molar-refractivity contribution is -0.134. The Balaban J connectivity index is 2.53. The summed E-state index contributed by atoms with van der Waals surface area (Å²) in [5.41, 5.74) is 0.534. The fourth-order valence-electron chi connectivity index (χ4n) is 0.955. The predicted molar refractivity (Wildman–Crippen MR) is 51.5 cm³/mol. The van der Waals surface area contributed by atoms with E-state index in [9.17, 15) is 13.2 Å². The Labute approximate surface area is 86.8 Å². The van der Waals surface area contributed by atoms with E-state index in [1.807, 2.05) is 0 Å². The first-order valence-electron chi connectivity index (χ1n) is 4.07. The number of hydrogen-bond donors (Lipinski definition) is 2. The van der Waals surface area contributed by atoms with E-state index in [2.05, 4.69) is 9.82 Å². The summed E-state index contributed by atoms with van der Waals surface area (Å²) in [5.74, 6) is -2.32. The van der Waals surface area contributed by atoms with Crippen molar-refractivity contribution in [2.24, 2.45) is 7.05 Å². The number of aliphatic carboxylic acids is 1. The molecule has 0 bridgehead atoms. The lowest BCUT2D eigenvalue weighted by Crippen LogP contribution is -2.29. The number of aromatic nitrogens is 2. The minimum absolute atomic E-state index is 0.00352. The molecule has 84 valence electrons. The molecule has 0 aromatic carbocycles. The Morgan fingerprint density at radius 2 is 2.33 bits per heavy atom. The van der Waals surface area contributed by atoms with Gasteiger partial charge in [-0.15, -0.1) is 0 Å². The molecule has 8 heteroatoms. The van der Waals surface area contributed by atoms with Gasteiger partial charge < -0.3 is 5.11 Å². The maximum Gasteiger partial charge on any atom is 0.320 e. The van der Waals surface area contributed by atoms with Crippen LogP contribution in [0.15, 0.2) is 12.3 Å². The van der Waals surface area contributed by atoms with E-state index in [-0.39, 0.29) is 6.54 Å². The summed E-state index contributed by atoms with van der Waals surface area (Å²) >= 11 is 0. The van der Waals surface area contributed by atoms with Gasteiger partial charge in [-0.3, -0.25) is 9.48 Å². The fourth-order valence-corrected chi connectivity index (χ4v) is 1.75. The Bertz CT molecular complexity index is 451. The summed E-state index contributed by atoms with van der Waals surface area (Å²) in [5, 5.41) is 12.2. The van der Waals surface area contributed by atoms with E-state index < -0.39 is 21.7 Å². The molecule has 0 spiro atoms. The van der Waals surface area contributed by atoms with Gasteiger partial charge in [0.25, 0.3) is 0 Å². The molecule has 0 atom stereocenters. The van der Waals surface area contributed by atoms with E-state index in [0.29, 0.717) is 5.69 Å². The molecule has 0 aliphatic carbocycles. The third-order valence-electron chi connectivity index (χ3n) is 1.56. The zero-order valence-electron chi connectivity index (χ0n) is 8.04. The lowest BCUT2D eigenvalue weighted by atomic mass is 10.4. The normalized spacial score (nSPS) is 11.5. The van der Waals surface area contributed by atoms with Gasteiger partial charge >= 0.3 is 5.97 Å². The first-order chi connectivity index (χ1) is 6.89. The molecule has 0 radical (unpaired) electrons. The summed E-state index contributed by atoms with van der Waals surface area (Å²) in [4.78, 5) is 10.2. The molecule has 0 aliphatic rings. The van der Waals surface area contributed by atoms with Gasteiger partial charge in [-0.05, 0) is 6.07 Å². The molecule has 7 nitrogen and oxygen atoms in total. The van der Waals surface area contributed by atoms with Crippen molar-refractivity contribution in [3.8, 4) is 0 Å². The van der Waals surface area contributed by atoms with E-state index in [4.69, 9.17) is 5.11 Å². The number of rotatable bonds is 5. The van der Waals surface area contributed by atoms with Crippen molar-refractivity contribution < 1.29 is 18.3 Å². The Morgan fingerprint density at radius 1 is 1.67 bits per heavy atom. The molecule has 1 heterocycles. The van der Waals surface area contributed by atoms with Crippen molar-refractivity contribution in [1.82, 2.24) is 14.5 Å². The molecular formula is C7H11N3O4S. The minimum atomic E-state index is -3.77. The molecule has 15 heavy (non-hydrogen) atoms. The molecule has 0 fully saturated rings. The predicted octanol–water partition coefficient (Wildman–Crippen LogP) is -1.08. The van der Waals surface area contributed by atoms with Crippen LogP contribution in [0.3, 0.4) is 0 Å². The van der Waals surface area contributed by atoms with Crippen molar-refractivity contribution in [2.45, 2.75) is 6.54 Å². The highest BCUT2D eigenvalue weighted by Crippen LogP contribution is 1.95. The smallest absolute Gasteiger partial charge is 0.320 e. The van der Waals surface area contributed by atoms with Crippen LogP contribution in [-0.2, 0) is 28.4 Å². The quantitative estimate of drug-likeness (QED) is 0.674. The number of carbonyl (C=O) groups is 1. The Morgan fingerprint density at radius 3 is 2.80 bits per heavy atom. The third-order valence-corrected chi connectivity index (χ3v) is 2.77. The molecule has 0 unspecified atom stereocenters. The lowest BCUT2D eigenvalue weighted by Gasteiger charge is -2.01. The van der Waals surface area contributed by atoms with Crippen LogP contribution in [-0.4, -0.2) is 35.0 Å². The average Bonchev–Trinajstić information content (AvgIpc) is 2.46. The first-order valence-corrected chi connectivity index (χ1v) is 5.72. The zero-order valence-corrected chi connectivity index (χ0v) is 8.86. The van der Waals surface area contributed by atoms with Gasteiger partial charge in [-0.1, -0.05) is 0 Å². The van der Waals surface area contributed by atoms with Crippen LogP contribution in [0.25, 0.3) is 0 Å². The highest BCUT2D eigenvalue weighted by molar-refractivity contribution is 7.90. The first kappa shape index (κ1) is 11.7. The topological polar surface area (TPSA) is 101 Å². The van der Waals surface area contributed by atoms with Gasteiger partial charge in [-0.2, -0.15) is 5.10 Å². The molecule has 1 aromatic heterocycles. The van der Waals surface area contributed by atoms with Crippen LogP contribution in [0.5, 0.6) is 0 Å². The molecule has 1 rings (SSSR count). The molecule has 1 aromatic rings. The Kier molecular flexibility index (Phi) is 3.43. The maximum absolute atomic E-state index is 11.1. The molecular weight excluding hydrogens is 222 g/mol. The summed E-state index contributed by atoms with van der Waals surface area (Å²) in [6.07, 6.45) is 1.67. The van der Waals surface area contributed by atoms with Gasteiger partial charge in [0.1, 0.15) is 0 Å². The zero-order chi connectivity index (χ0) is 11.5. The minimum Gasteiger partial charge on any atom is -0.480 e. The van der Waals surface area contributed by atoms with Crippen LogP contribution in [0.2, 0.25) is 0 Å². The summed E-state index contributed by atoms with van der Waals surface area (Å²) in [7, 11) is -2.06. The van der Waals surface area contributed by atoms with Gasteiger partial charge in [0.05, 0.1) is 12.2 Å². The number of sulfonamides is 1. The second-order valence-electron chi connectivity index (χ2n) is 2.95. The van der Waals surface area contributed by atoms with Crippen molar-refractivity contribution in [3.63, 3.8) is 0 Å². The summed E-state index contributed by atoms with van der Waals surface area (Å²) in [6, 6.07) is 1.64. The van der Waals surface area contributed by atoms with Crippen LogP contribution >= 0.6 is 0 Å². The van der Waals surface area contributed by atoms with Crippen molar-refractivity contribution in [3.05, 3.63) is 18.0 Å². The van der Waals surface area contributed by atoms with Crippen molar-refractivity contribution >= 4 is 16.0 Å². The molecule has 0 saturated carbocycles. The third kappa shape index (κ3) is 4.09. The number of nitrogens with one attached hydrogen (secondary N) is 1. The fraction of sp³-hybridized carbons (Fsp3) is 0.429. The van der Waals surface area contributed by atoms with E-state index in [1.165, 1.54) is 4.68 Å². The highest BCUT2D eigenvalue weighted by atomic mass is 32.2. The average molecular weight is 233 g/mol. The van der Waals surface area contributed by atoms with Crippen LogP contribution < -0.4 is 4.72 Å². The molecule has 2 N–H and O–H groups in total. The monoisotopic (exact) mass is 233 g/mol. The van der Waals surface area contributed by atoms with Crippen molar-refractivity contribution in [1.29, 1.82) is 0 Å². The molecule has 0 amide bonds. The maximum atomic E-state index is 11.1. The SMILES string of the molecule is Cn1ccc(CNS(=O)(=O)CC(=O)O)n1. The number of hydrogen-bond acceptors (Lipinski definition) is 4. The number of nitrogens with zero attached hydrogens (tertiary/aromatic N) is 2. The van der Waals surface area contributed by atoms with Crippen LogP contribution in [0, 0.1) is 0 Å². The van der Waals surface area contributed by atoms with Gasteiger partial charge in [-0.25, -0.2) is 13.1 Å². The van der Waals surface area contributed by atoms with Crippen LogP contribution in [0.4, 0.5) is 0 Å². The molecule has 0 aliphatic heterocycles. The number of carboxylic acids is 1. The number of aryl methyl sites for hydroxylation is 1. The van der Waals surface area contributed by atoms with Crippen LogP contribution in [0.1, 0.15) is 5.69 Å². The van der Waals surface area contributed by atoms with E-state index in [1.54, 1.807) is 19.3 Å².